The molecule has 0 bridgehead atoms. The van der Waals surface area contributed by atoms with Crippen molar-refractivity contribution in [2.45, 2.75) is 39.7 Å². The van der Waals surface area contributed by atoms with Crippen molar-refractivity contribution in [1.29, 1.82) is 0 Å². The Morgan fingerprint density at radius 3 is 2.67 bits per heavy atom. The predicted molar refractivity (Wildman–Crippen MR) is 77.0 cm³/mol. The van der Waals surface area contributed by atoms with Gasteiger partial charge in [-0.2, -0.15) is 0 Å². The van der Waals surface area contributed by atoms with E-state index < -0.39 is 0 Å². The van der Waals surface area contributed by atoms with Crippen LogP contribution in [0, 0.1) is 10.1 Å². The van der Waals surface area contributed by atoms with Crippen molar-refractivity contribution < 1.29 is 4.92 Å². The summed E-state index contributed by atoms with van der Waals surface area (Å²) >= 11 is 1.17. The third-order valence-electron chi connectivity index (χ3n) is 2.46. The Bertz CT molecular complexity index is 444. The van der Waals surface area contributed by atoms with Crippen LogP contribution in [0.4, 0.5) is 5.00 Å². The number of hydrogen-bond donors (Lipinski definition) is 1. The summed E-state index contributed by atoms with van der Waals surface area (Å²) in [6.07, 6.45) is 2.97. The van der Waals surface area contributed by atoms with Gasteiger partial charge in [0.05, 0.1) is 4.92 Å². The monoisotopic (exact) mass is 268 g/mol. The van der Waals surface area contributed by atoms with Crippen LogP contribution in [0.25, 0.3) is 6.08 Å². The molecule has 1 rings (SSSR count). The van der Waals surface area contributed by atoms with Gasteiger partial charge in [0.15, 0.2) is 0 Å². The first-order valence-corrected chi connectivity index (χ1v) is 6.87. The Balaban J connectivity index is 2.74. The highest BCUT2D eigenvalue weighted by molar-refractivity contribution is 7.13. The number of thiophene rings is 1. The van der Waals surface area contributed by atoms with E-state index >= 15 is 0 Å². The van der Waals surface area contributed by atoms with Gasteiger partial charge in [-0.3, -0.25) is 10.1 Å². The minimum atomic E-state index is -0.346. The van der Waals surface area contributed by atoms with E-state index in [-0.39, 0.29) is 15.5 Å². The van der Waals surface area contributed by atoms with Crippen molar-refractivity contribution in [3.8, 4) is 0 Å². The molecule has 0 saturated heterocycles. The summed E-state index contributed by atoms with van der Waals surface area (Å²) in [6, 6.07) is 1.62. The third-order valence-corrected chi connectivity index (χ3v) is 3.35. The quantitative estimate of drug-likeness (QED) is 0.652. The summed E-state index contributed by atoms with van der Waals surface area (Å²) in [5, 5.41) is 16.1. The first-order valence-electron chi connectivity index (χ1n) is 5.99. The van der Waals surface area contributed by atoms with E-state index in [1.165, 1.54) is 16.9 Å². The second kappa shape index (κ2) is 6.11. The molecule has 0 amide bonds. The van der Waals surface area contributed by atoms with Gasteiger partial charge in [0, 0.05) is 23.5 Å². The van der Waals surface area contributed by atoms with Gasteiger partial charge in [-0.1, -0.05) is 29.9 Å². The Labute approximate surface area is 112 Å². The summed E-state index contributed by atoms with van der Waals surface area (Å²) in [5.41, 5.74) is 2.24. The molecular formula is C13H20N2O2S. The first kappa shape index (κ1) is 14.9. The SMILES string of the molecule is CCC(=Cc1csc([N+](=O)[O-])c1)CNC(C)(C)C. The van der Waals surface area contributed by atoms with Crippen LogP contribution in [0.1, 0.15) is 39.7 Å². The highest BCUT2D eigenvalue weighted by Gasteiger charge is 2.11. The van der Waals surface area contributed by atoms with Gasteiger partial charge in [-0.05, 0) is 32.8 Å². The molecule has 1 aromatic rings. The van der Waals surface area contributed by atoms with Crippen molar-refractivity contribution in [2.24, 2.45) is 0 Å². The van der Waals surface area contributed by atoms with Gasteiger partial charge in [0.25, 0.3) is 0 Å². The van der Waals surface area contributed by atoms with Gasteiger partial charge in [-0.15, -0.1) is 0 Å². The predicted octanol–water partition coefficient (Wildman–Crippen LogP) is 3.84. The normalized spacial score (nSPS) is 12.8. The molecule has 0 atom stereocenters. The lowest BCUT2D eigenvalue weighted by atomic mass is 10.1. The summed E-state index contributed by atoms with van der Waals surface area (Å²) in [5.74, 6) is 0. The average Bonchev–Trinajstić information content (AvgIpc) is 2.71. The van der Waals surface area contributed by atoms with E-state index in [9.17, 15) is 10.1 Å². The minimum Gasteiger partial charge on any atom is -0.308 e. The van der Waals surface area contributed by atoms with E-state index in [2.05, 4.69) is 33.0 Å². The molecule has 0 saturated carbocycles. The maximum atomic E-state index is 10.6. The molecule has 0 aliphatic rings. The molecule has 0 unspecified atom stereocenters. The molecule has 100 valence electrons. The molecule has 0 spiro atoms. The molecule has 0 radical (unpaired) electrons. The van der Waals surface area contributed by atoms with Gasteiger partial charge >= 0.3 is 5.00 Å². The molecule has 0 aliphatic carbocycles. The van der Waals surface area contributed by atoms with Crippen LogP contribution in [0.5, 0.6) is 0 Å². The summed E-state index contributed by atoms with van der Waals surface area (Å²) in [7, 11) is 0. The second-order valence-corrected chi connectivity index (χ2v) is 6.12. The van der Waals surface area contributed by atoms with E-state index in [0.29, 0.717) is 0 Å². The molecule has 0 aliphatic heterocycles. The minimum absolute atomic E-state index is 0.0783. The fraction of sp³-hybridized carbons (Fsp3) is 0.538. The van der Waals surface area contributed by atoms with Crippen LogP contribution >= 0.6 is 11.3 Å². The van der Waals surface area contributed by atoms with Crippen LogP contribution < -0.4 is 5.32 Å². The van der Waals surface area contributed by atoms with E-state index in [0.717, 1.165) is 18.5 Å². The number of nitrogens with zero attached hydrogens (tertiary/aromatic N) is 1. The van der Waals surface area contributed by atoms with Crippen LogP contribution in [0.3, 0.4) is 0 Å². The zero-order chi connectivity index (χ0) is 13.8. The highest BCUT2D eigenvalue weighted by Crippen LogP contribution is 2.24. The van der Waals surface area contributed by atoms with Crippen molar-refractivity contribution in [2.75, 3.05) is 6.54 Å². The zero-order valence-corrected chi connectivity index (χ0v) is 12.1. The van der Waals surface area contributed by atoms with Crippen LogP contribution in [0.15, 0.2) is 17.0 Å². The second-order valence-electron chi connectivity index (χ2n) is 5.24. The Hall–Kier alpha value is -1.20. The summed E-state index contributed by atoms with van der Waals surface area (Å²) in [4.78, 5) is 10.3. The Kier molecular flexibility index (Phi) is 5.04. The Morgan fingerprint density at radius 1 is 1.56 bits per heavy atom. The van der Waals surface area contributed by atoms with Crippen molar-refractivity contribution in [1.82, 2.24) is 5.32 Å². The third kappa shape index (κ3) is 4.98. The molecule has 5 heteroatoms. The maximum absolute atomic E-state index is 10.6. The van der Waals surface area contributed by atoms with E-state index in [1.807, 2.05) is 11.5 Å². The zero-order valence-electron chi connectivity index (χ0n) is 11.3. The first-order chi connectivity index (χ1) is 8.31. The molecule has 4 nitrogen and oxygen atoms in total. The van der Waals surface area contributed by atoms with Gasteiger partial charge in [-0.25, -0.2) is 0 Å². The van der Waals surface area contributed by atoms with Gasteiger partial charge in [0.2, 0.25) is 0 Å². The van der Waals surface area contributed by atoms with Crippen molar-refractivity contribution in [3.63, 3.8) is 0 Å². The lowest BCUT2D eigenvalue weighted by Crippen LogP contribution is -2.36. The average molecular weight is 268 g/mol. The van der Waals surface area contributed by atoms with Crippen LogP contribution in [-0.4, -0.2) is 17.0 Å². The lowest BCUT2D eigenvalue weighted by molar-refractivity contribution is -0.380. The standard InChI is InChI=1S/C13H20N2O2S/c1-5-10(8-14-13(2,3)4)6-11-7-12(15(16)17)18-9-11/h6-7,9,14H,5,8H2,1-4H3. The lowest BCUT2D eigenvalue weighted by Gasteiger charge is -2.21. The molecule has 0 fully saturated rings. The summed E-state index contributed by atoms with van der Waals surface area (Å²) in [6.45, 7) is 9.27. The fourth-order valence-electron chi connectivity index (χ4n) is 1.40. The van der Waals surface area contributed by atoms with E-state index in [4.69, 9.17) is 0 Å². The number of nitrogens with one attached hydrogen (secondary N) is 1. The highest BCUT2D eigenvalue weighted by atomic mass is 32.1. The molecular weight excluding hydrogens is 248 g/mol. The molecule has 1 aromatic heterocycles. The maximum Gasteiger partial charge on any atom is 0.324 e. The fourth-order valence-corrected chi connectivity index (χ4v) is 2.09. The number of rotatable bonds is 5. The van der Waals surface area contributed by atoms with Gasteiger partial charge < -0.3 is 5.32 Å². The Morgan fingerprint density at radius 2 is 2.22 bits per heavy atom. The van der Waals surface area contributed by atoms with Crippen molar-refractivity contribution >= 4 is 22.4 Å². The van der Waals surface area contributed by atoms with E-state index in [1.54, 1.807) is 6.07 Å². The van der Waals surface area contributed by atoms with Crippen molar-refractivity contribution in [3.05, 3.63) is 32.7 Å². The van der Waals surface area contributed by atoms with Crippen LogP contribution in [0.2, 0.25) is 0 Å². The molecule has 1 N–H and O–H groups in total. The molecule has 0 aromatic carbocycles. The molecule has 18 heavy (non-hydrogen) atoms. The number of nitro groups is 1. The topological polar surface area (TPSA) is 55.2 Å². The van der Waals surface area contributed by atoms with Gasteiger partial charge in [0.1, 0.15) is 0 Å². The summed E-state index contributed by atoms with van der Waals surface area (Å²) < 4.78 is 0. The smallest absolute Gasteiger partial charge is 0.308 e. The van der Waals surface area contributed by atoms with Crippen LogP contribution in [-0.2, 0) is 0 Å². The number of hydrogen-bond acceptors (Lipinski definition) is 4. The molecule has 1 heterocycles. The largest absolute Gasteiger partial charge is 0.324 e.